The predicted molar refractivity (Wildman–Crippen MR) is 117 cm³/mol. The Balaban J connectivity index is 1.22. The first kappa shape index (κ1) is 19.0. The van der Waals surface area contributed by atoms with Gasteiger partial charge in [0, 0.05) is 25.9 Å². The van der Waals surface area contributed by atoms with Gasteiger partial charge < -0.3 is 15.0 Å². The maximum absolute atomic E-state index is 6.24. The van der Waals surface area contributed by atoms with Crippen molar-refractivity contribution in [3.05, 3.63) is 41.2 Å². The monoisotopic (exact) mass is 429 g/mol. The van der Waals surface area contributed by atoms with Crippen LogP contribution in [0.3, 0.4) is 0 Å². The van der Waals surface area contributed by atoms with Crippen LogP contribution in [0.1, 0.15) is 37.2 Å². The molecular weight excluding hydrogens is 406 g/mol. The van der Waals surface area contributed by atoms with Gasteiger partial charge in [0.15, 0.2) is 0 Å². The van der Waals surface area contributed by atoms with E-state index in [9.17, 15) is 0 Å². The van der Waals surface area contributed by atoms with Crippen LogP contribution in [0.2, 0.25) is 5.02 Å². The molecule has 0 amide bonds. The highest BCUT2D eigenvalue weighted by atomic mass is 35.5. The molecule has 0 bridgehead atoms. The minimum atomic E-state index is 0.183. The highest BCUT2D eigenvalue weighted by Gasteiger charge is 2.23. The van der Waals surface area contributed by atoms with Crippen molar-refractivity contribution in [2.75, 3.05) is 31.1 Å². The van der Waals surface area contributed by atoms with Gasteiger partial charge in [0.2, 0.25) is 5.95 Å². The zero-order valence-electron chi connectivity index (χ0n) is 16.2. The zero-order valence-corrected chi connectivity index (χ0v) is 17.8. The molecule has 5 rings (SSSR count). The second-order valence-electron chi connectivity index (χ2n) is 7.74. The summed E-state index contributed by atoms with van der Waals surface area (Å²) in [7, 11) is 0. The van der Waals surface area contributed by atoms with Gasteiger partial charge in [-0.3, -0.25) is 0 Å². The molecule has 0 saturated carbocycles. The maximum Gasteiger partial charge on any atom is 0.274 e. The van der Waals surface area contributed by atoms with Gasteiger partial charge in [-0.1, -0.05) is 29.0 Å². The molecule has 2 fully saturated rings. The van der Waals surface area contributed by atoms with Gasteiger partial charge in [0.1, 0.15) is 6.10 Å². The van der Waals surface area contributed by atoms with Gasteiger partial charge in [-0.2, -0.15) is 0 Å². The van der Waals surface area contributed by atoms with Gasteiger partial charge >= 0.3 is 0 Å². The molecule has 2 saturated heterocycles. The molecule has 6 nitrogen and oxygen atoms in total. The average molecular weight is 430 g/mol. The van der Waals surface area contributed by atoms with Crippen LogP contribution in [-0.4, -0.2) is 47.2 Å². The van der Waals surface area contributed by atoms with Crippen molar-refractivity contribution >= 4 is 39.1 Å². The summed E-state index contributed by atoms with van der Waals surface area (Å²) in [6.45, 7) is 3.97. The van der Waals surface area contributed by atoms with E-state index in [0.29, 0.717) is 10.9 Å². The van der Waals surface area contributed by atoms with Gasteiger partial charge in [-0.25, -0.2) is 15.0 Å². The Hall–Kier alpha value is -1.96. The molecule has 2 aromatic heterocycles. The standard InChI is InChI=1S/C21H24ClN5OS/c22-16-12-24-20(25-13-16)27-9-5-17(6-10-27)28-21-26-18-2-1-15(11-19(18)29-21)14-3-7-23-8-4-14/h1-2,11-14,17,23H,3-10H2. The molecule has 0 radical (unpaired) electrons. The first-order valence-electron chi connectivity index (χ1n) is 10.2. The SMILES string of the molecule is Clc1cnc(N2CCC(Oc3nc4ccc(C5CCNCC5)cc4s3)CC2)nc1. The van der Waals surface area contributed by atoms with Crippen LogP contribution < -0.4 is 15.0 Å². The topological polar surface area (TPSA) is 63.2 Å². The van der Waals surface area contributed by atoms with Crippen LogP contribution >= 0.6 is 22.9 Å². The van der Waals surface area contributed by atoms with E-state index in [1.807, 2.05) is 0 Å². The molecule has 0 unspecified atom stereocenters. The van der Waals surface area contributed by atoms with Gasteiger partial charge in [-0.15, -0.1) is 0 Å². The summed E-state index contributed by atoms with van der Waals surface area (Å²) in [5.41, 5.74) is 2.47. The summed E-state index contributed by atoms with van der Waals surface area (Å²) in [6, 6.07) is 6.71. The number of anilines is 1. The second kappa shape index (κ2) is 8.42. The number of halogens is 1. The number of benzene rings is 1. The van der Waals surface area contributed by atoms with Crippen LogP contribution in [0.25, 0.3) is 10.2 Å². The van der Waals surface area contributed by atoms with E-state index in [1.165, 1.54) is 23.1 Å². The average Bonchev–Trinajstić information content (AvgIpc) is 3.17. The number of nitrogens with zero attached hydrogens (tertiary/aromatic N) is 4. The molecule has 2 aliphatic rings. The van der Waals surface area contributed by atoms with E-state index in [2.05, 4.69) is 38.4 Å². The minimum Gasteiger partial charge on any atom is -0.467 e. The van der Waals surface area contributed by atoms with Crippen molar-refractivity contribution in [3.8, 4) is 5.19 Å². The third kappa shape index (κ3) is 4.32. The molecule has 1 N–H and O–H groups in total. The fraction of sp³-hybridized carbons (Fsp3) is 0.476. The van der Waals surface area contributed by atoms with E-state index in [-0.39, 0.29) is 6.10 Å². The molecule has 0 atom stereocenters. The third-order valence-electron chi connectivity index (χ3n) is 5.80. The van der Waals surface area contributed by atoms with Crippen LogP contribution in [-0.2, 0) is 0 Å². The normalized spacial score (nSPS) is 19.0. The zero-order chi connectivity index (χ0) is 19.6. The van der Waals surface area contributed by atoms with Crippen molar-refractivity contribution in [2.24, 2.45) is 0 Å². The Morgan fingerprint density at radius 3 is 2.59 bits per heavy atom. The van der Waals surface area contributed by atoms with Crippen molar-refractivity contribution in [2.45, 2.75) is 37.7 Å². The number of fused-ring (bicyclic) bond motifs is 1. The Morgan fingerprint density at radius 1 is 1.07 bits per heavy atom. The number of aromatic nitrogens is 3. The highest BCUT2D eigenvalue weighted by Crippen LogP contribution is 2.34. The second-order valence-corrected chi connectivity index (χ2v) is 9.17. The summed E-state index contributed by atoms with van der Waals surface area (Å²) in [6.07, 6.45) is 7.76. The number of nitrogens with one attached hydrogen (secondary N) is 1. The number of hydrogen-bond acceptors (Lipinski definition) is 7. The first-order chi connectivity index (χ1) is 14.2. The van der Waals surface area contributed by atoms with E-state index in [4.69, 9.17) is 21.3 Å². The lowest BCUT2D eigenvalue weighted by Crippen LogP contribution is -2.39. The molecule has 8 heteroatoms. The molecule has 1 aromatic carbocycles. The van der Waals surface area contributed by atoms with Crippen molar-refractivity contribution in [1.82, 2.24) is 20.3 Å². The van der Waals surface area contributed by atoms with Gasteiger partial charge in [-0.05, 0) is 49.5 Å². The van der Waals surface area contributed by atoms with E-state index < -0.39 is 0 Å². The molecule has 3 aromatic rings. The Labute approximate surface area is 179 Å². The van der Waals surface area contributed by atoms with Crippen molar-refractivity contribution in [3.63, 3.8) is 0 Å². The molecule has 0 spiro atoms. The van der Waals surface area contributed by atoms with E-state index >= 15 is 0 Å². The van der Waals surface area contributed by atoms with Crippen LogP contribution in [0.15, 0.2) is 30.6 Å². The third-order valence-corrected chi connectivity index (χ3v) is 6.91. The number of piperidine rings is 2. The quantitative estimate of drug-likeness (QED) is 0.668. The molecule has 152 valence electrons. The Kier molecular flexibility index (Phi) is 5.52. The number of ether oxygens (including phenoxy) is 1. The summed E-state index contributed by atoms with van der Waals surface area (Å²) in [5, 5.41) is 4.78. The smallest absolute Gasteiger partial charge is 0.274 e. The fourth-order valence-corrected chi connectivity index (χ4v) is 5.19. The van der Waals surface area contributed by atoms with Crippen molar-refractivity contribution < 1.29 is 4.74 Å². The Morgan fingerprint density at radius 2 is 1.83 bits per heavy atom. The predicted octanol–water partition coefficient (Wildman–Crippen LogP) is 4.25. The molecule has 4 heterocycles. The summed E-state index contributed by atoms with van der Waals surface area (Å²) >= 11 is 7.55. The van der Waals surface area contributed by atoms with Gasteiger partial charge in [0.25, 0.3) is 5.19 Å². The first-order valence-corrected chi connectivity index (χ1v) is 11.4. The lowest BCUT2D eigenvalue weighted by Gasteiger charge is -2.31. The van der Waals surface area contributed by atoms with Crippen LogP contribution in [0, 0.1) is 0 Å². The molecule has 29 heavy (non-hydrogen) atoms. The molecule has 0 aliphatic carbocycles. The fourth-order valence-electron chi connectivity index (χ4n) is 4.16. The summed E-state index contributed by atoms with van der Waals surface area (Å²) in [4.78, 5) is 15.5. The summed E-state index contributed by atoms with van der Waals surface area (Å²) in [5.74, 6) is 1.39. The van der Waals surface area contributed by atoms with E-state index in [0.717, 1.165) is 55.7 Å². The number of rotatable bonds is 4. The largest absolute Gasteiger partial charge is 0.467 e. The number of hydrogen-bond donors (Lipinski definition) is 1. The van der Waals surface area contributed by atoms with Crippen LogP contribution in [0.4, 0.5) is 5.95 Å². The number of thiazole rings is 1. The minimum absolute atomic E-state index is 0.183. The maximum atomic E-state index is 6.24. The lowest BCUT2D eigenvalue weighted by molar-refractivity contribution is 0.170. The molecular formula is C21H24ClN5OS. The van der Waals surface area contributed by atoms with Crippen molar-refractivity contribution in [1.29, 1.82) is 0 Å². The lowest BCUT2D eigenvalue weighted by atomic mass is 9.90. The Bertz CT molecular complexity index is 965. The summed E-state index contributed by atoms with van der Waals surface area (Å²) < 4.78 is 7.46. The van der Waals surface area contributed by atoms with E-state index in [1.54, 1.807) is 23.7 Å². The van der Waals surface area contributed by atoms with Gasteiger partial charge in [0.05, 0.1) is 27.6 Å². The highest BCUT2D eigenvalue weighted by molar-refractivity contribution is 7.20. The van der Waals surface area contributed by atoms with Crippen LogP contribution in [0.5, 0.6) is 5.19 Å². The molecule has 2 aliphatic heterocycles.